The van der Waals surface area contributed by atoms with Gasteiger partial charge in [-0.3, -0.25) is 0 Å². The monoisotopic (exact) mass is 237 g/mol. The highest BCUT2D eigenvalue weighted by Crippen LogP contribution is 2.41. The van der Waals surface area contributed by atoms with Crippen LogP contribution in [0, 0.1) is 0 Å². The number of hydrogen-bond donors (Lipinski definition) is 1. The Morgan fingerprint density at radius 2 is 1.83 bits per heavy atom. The highest BCUT2D eigenvalue weighted by atomic mass is 14.8. The second-order valence-corrected chi connectivity index (χ2v) is 5.05. The molecule has 1 aliphatic carbocycles. The topological polar surface area (TPSA) is 12.0 Å². The minimum atomic E-state index is 0.777. The first-order chi connectivity index (χ1) is 8.88. The van der Waals surface area contributed by atoms with E-state index in [1.54, 1.807) is 0 Å². The van der Waals surface area contributed by atoms with Crippen LogP contribution in [-0.4, -0.2) is 7.05 Å². The molecule has 1 N–H and O–H groups in total. The molecule has 2 aromatic rings. The zero-order valence-corrected chi connectivity index (χ0v) is 10.8. The summed E-state index contributed by atoms with van der Waals surface area (Å²) in [4.78, 5) is 0. The van der Waals surface area contributed by atoms with Crippen LogP contribution >= 0.6 is 0 Å². The van der Waals surface area contributed by atoms with Gasteiger partial charge in [-0.2, -0.15) is 0 Å². The van der Waals surface area contributed by atoms with Crippen molar-refractivity contribution in [3.8, 4) is 11.1 Å². The first kappa shape index (κ1) is 11.3. The molecule has 92 valence electrons. The lowest BCUT2D eigenvalue weighted by Crippen LogP contribution is -2.09. The van der Waals surface area contributed by atoms with Crippen LogP contribution in [-0.2, 0) is 0 Å². The second kappa shape index (κ2) is 4.85. The van der Waals surface area contributed by atoms with Gasteiger partial charge in [0.15, 0.2) is 0 Å². The highest BCUT2D eigenvalue weighted by Gasteiger charge is 2.22. The molecule has 0 aromatic heterocycles. The Bertz CT molecular complexity index is 541. The van der Waals surface area contributed by atoms with Gasteiger partial charge in [0.05, 0.1) is 0 Å². The maximum absolute atomic E-state index is 3.21. The molecule has 0 spiro atoms. The number of anilines is 1. The summed E-state index contributed by atoms with van der Waals surface area (Å²) in [6.45, 7) is 0. The van der Waals surface area contributed by atoms with Gasteiger partial charge >= 0.3 is 0 Å². The molecule has 0 unspecified atom stereocenters. The predicted octanol–water partition coefficient (Wildman–Crippen LogP) is 4.66. The quantitative estimate of drug-likeness (QED) is 0.818. The summed E-state index contributed by atoms with van der Waals surface area (Å²) in [5.41, 5.74) is 5.43. The molecule has 1 nitrogen and oxygen atoms in total. The maximum Gasteiger partial charge on any atom is 0.0343 e. The van der Waals surface area contributed by atoms with E-state index in [2.05, 4.69) is 53.8 Å². The Balaban J connectivity index is 2.04. The van der Waals surface area contributed by atoms with Gasteiger partial charge in [-0.15, -0.1) is 0 Å². The van der Waals surface area contributed by atoms with Crippen molar-refractivity contribution in [2.75, 3.05) is 12.4 Å². The lowest BCUT2D eigenvalue weighted by atomic mass is 9.77. The van der Waals surface area contributed by atoms with Gasteiger partial charge in [0.25, 0.3) is 0 Å². The van der Waals surface area contributed by atoms with Crippen LogP contribution in [0.25, 0.3) is 11.1 Å². The van der Waals surface area contributed by atoms with E-state index in [1.807, 2.05) is 7.05 Å². The first-order valence-corrected chi connectivity index (χ1v) is 6.75. The summed E-state index contributed by atoms with van der Waals surface area (Å²) < 4.78 is 0. The van der Waals surface area contributed by atoms with Gasteiger partial charge in [0.2, 0.25) is 0 Å². The summed E-state index contributed by atoms with van der Waals surface area (Å²) in [6.07, 6.45) is 4.08. The molecule has 0 aliphatic heterocycles. The molecule has 0 atom stereocenters. The Kier molecular flexibility index (Phi) is 3.06. The summed E-state index contributed by atoms with van der Waals surface area (Å²) in [5, 5.41) is 3.21. The lowest BCUT2D eigenvalue weighted by Gasteiger charge is -2.28. The van der Waals surface area contributed by atoms with E-state index in [4.69, 9.17) is 0 Å². The third kappa shape index (κ3) is 2.01. The first-order valence-electron chi connectivity index (χ1n) is 6.75. The van der Waals surface area contributed by atoms with Gasteiger partial charge in [-0.1, -0.05) is 42.8 Å². The van der Waals surface area contributed by atoms with Crippen molar-refractivity contribution in [1.82, 2.24) is 0 Å². The summed E-state index contributed by atoms with van der Waals surface area (Å²) in [6, 6.07) is 17.5. The van der Waals surface area contributed by atoms with E-state index in [-0.39, 0.29) is 0 Å². The van der Waals surface area contributed by atoms with Gasteiger partial charge < -0.3 is 5.32 Å². The third-order valence-electron chi connectivity index (χ3n) is 3.97. The molecule has 1 fully saturated rings. The van der Waals surface area contributed by atoms with Crippen molar-refractivity contribution in [2.24, 2.45) is 0 Å². The van der Waals surface area contributed by atoms with Crippen molar-refractivity contribution in [2.45, 2.75) is 25.2 Å². The van der Waals surface area contributed by atoms with E-state index in [0.29, 0.717) is 0 Å². The van der Waals surface area contributed by atoms with E-state index >= 15 is 0 Å². The fraction of sp³-hybridized carbons (Fsp3) is 0.294. The van der Waals surface area contributed by atoms with Gasteiger partial charge in [-0.25, -0.2) is 0 Å². The Hall–Kier alpha value is -1.76. The van der Waals surface area contributed by atoms with E-state index < -0.39 is 0 Å². The molecular formula is C17H19N. The zero-order valence-electron chi connectivity index (χ0n) is 10.8. The zero-order chi connectivity index (χ0) is 12.4. The molecule has 1 aliphatic rings. The van der Waals surface area contributed by atoms with Crippen LogP contribution in [0.4, 0.5) is 5.69 Å². The number of nitrogens with one attached hydrogen (secondary N) is 1. The standard InChI is InChI=1S/C17H19N/c1-18-15-9-5-8-14(12-15)17-11-3-2-10-16(17)13-6-4-7-13/h2-3,5,8-13,18H,4,6-7H2,1H3. The normalized spacial score (nSPS) is 15.2. The van der Waals surface area contributed by atoms with Crippen LogP contribution in [0.3, 0.4) is 0 Å². The van der Waals surface area contributed by atoms with Gasteiger partial charge in [0, 0.05) is 12.7 Å². The molecule has 0 heterocycles. The van der Waals surface area contributed by atoms with E-state index in [9.17, 15) is 0 Å². The molecule has 18 heavy (non-hydrogen) atoms. The van der Waals surface area contributed by atoms with Crippen molar-refractivity contribution in [3.63, 3.8) is 0 Å². The largest absolute Gasteiger partial charge is 0.388 e. The molecule has 3 rings (SSSR count). The van der Waals surface area contributed by atoms with E-state index in [1.165, 1.54) is 41.6 Å². The molecule has 1 heteroatoms. The summed E-state index contributed by atoms with van der Waals surface area (Å²) >= 11 is 0. The minimum Gasteiger partial charge on any atom is -0.388 e. The van der Waals surface area contributed by atoms with Crippen LogP contribution < -0.4 is 5.32 Å². The van der Waals surface area contributed by atoms with Gasteiger partial charge in [0.1, 0.15) is 0 Å². The van der Waals surface area contributed by atoms with Crippen molar-refractivity contribution < 1.29 is 0 Å². The fourth-order valence-electron chi connectivity index (χ4n) is 2.68. The maximum atomic E-state index is 3.21. The third-order valence-corrected chi connectivity index (χ3v) is 3.97. The number of benzene rings is 2. The lowest BCUT2D eigenvalue weighted by molar-refractivity contribution is 0.420. The molecule has 0 bridgehead atoms. The highest BCUT2D eigenvalue weighted by molar-refractivity contribution is 5.71. The number of rotatable bonds is 3. The second-order valence-electron chi connectivity index (χ2n) is 5.05. The van der Waals surface area contributed by atoms with Crippen molar-refractivity contribution in [1.29, 1.82) is 0 Å². The predicted molar refractivity (Wildman–Crippen MR) is 78.0 cm³/mol. The molecule has 2 aromatic carbocycles. The Morgan fingerprint density at radius 1 is 1.00 bits per heavy atom. The molecule has 0 amide bonds. The van der Waals surface area contributed by atoms with Crippen molar-refractivity contribution in [3.05, 3.63) is 54.1 Å². The van der Waals surface area contributed by atoms with Crippen LogP contribution in [0.15, 0.2) is 48.5 Å². The van der Waals surface area contributed by atoms with Gasteiger partial charge in [-0.05, 0) is 47.6 Å². The van der Waals surface area contributed by atoms with Crippen LogP contribution in [0.2, 0.25) is 0 Å². The average Bonchev–Trinajstić information content (AvgIpc) is 2.37. The molecular weight excluding hydrogens is 218 g/mol. The summed E-state index contributed by atoms with van der Waals surface area (Å²) in [7, 11) is 1.97. The van der Waals surface area contributed by atoms with Crippen LogP contribution in [0.5, 0.6) is 0 Å². The molecule has 1 saturated carbocycles. The molecule has 0 saturated heterocycles. The Labute approximate surface area is 109 Å². The minimum absolute atomic E-state index is 0.777. The molecule has 0 radical (unpaired) electrons. The van der Waals surface area contributed by atoms with Crippen molar-refractivity contribution >= 4 is 5.69 Å². The van der Waals surface area contributed by atoms with E-state index in [0.717, 1.165) is 5.92 Å². The fourth-order valence-corrected chi connectivity index (χ4v) is 2.68. The average molecular weight is 237 g/mol. The van der Waals surface area contributed by atoms with Crippen LogP contribution in [0.1, 0.15) is 30.7 Å². The SMILES string of the molecule is CNc1cccc(-c2ccccc2C2CCC2)c1. The Morgan fingerprint density at radius 3 is 2.56 bits per heavy atom. The number of hydrogen-bond acceptors (Lipinski definition) is 1. The smallest absolute Gasteiger partial charge is 0.0343 e. The summed E-state index contributed by atoms with van der Waals surface area (Å²) in [5.74, 6) is 0.777.